The lowest BCUT2D eigenvalue weighted by Gasteiger charge is -2.51. The van der Waals surface area contributed by atoms with Crippen LogP contribution in [0.2, 0.25) is 0 Å². The smallest absolute Gasteiger partial charge is 0.328 e. The number of phenolic OH excluding ortho intramolecular Hbond substituents is 1. The molecule has 3 aliphatic rings. The van der Waals surface area contributed by atoms with Gasteiger partial charge in [-0.25, -0.2) is 9.59 Å². The largest absolute Gasteiger partial charge is 0.508 e. The molecule has 0 aromatic heterocycles. The van der Waals surface area contributed by atoms with Crippen molar-refractivity contribution in [3.05, 3.63) is 41.5 Å². The van der Waals surface area contributed by atoms with Gasteiger partial charge in [0.25, 0.3) is 0 Å². The number of hydrogen-bond acceptors (Lipinski definition) is 5. The molecule has 170 valence electrons. The molecular weight excluding hydrogens is 398 g/mol. The second kappa shape index (κ2) is 9.01. The quantitative estimate of drug-likeness (QED) is 0.544. The van der Waals surface area contributed by atoms with Crippen LogP contribution >= 0.6 is 0 Å². The summed E-state index contributed by atoms with van der Waals surface area (Å²) < 4.78 is 0. The van der Waals surface area contributed by atoms with E-state index in [-0.39, 0.29) is 17.6 Å². The van der Waals surface area contributed by atoms with Crippen molar-refractivity contribution in [3.63, 3.8) is 0 Å². The van der Waals surface area contributed by atoms with Crippen LogP contribution in [0.4, 0.5) is 0 Å². The Kier molecular flexibility index (Phi) is 6.76. The summed E-state index contributed by atoms with van der Waals surface area (Å²) in [4.78, 5) is 21.4. The summed E-state index contributed by atoms with van der Waals surface area (Å²) in [6, 6.07) is 6.25. The zero-order valence-corrected chi connectivity index (χ0v) is 18.4. The third-order valence-electron chi connectivity index (χ3n) is 7.61. The van der Waals surface area contributed by atoms with E-state index < -0.39 is 11.9 Å². The van der Waals surface area contributed by atoms with Crippen molar-refractivity contribution in [2.45, 2.75) is 57.1 Å². The Morgan fingerprint density at radius 3 is 2.35 bits per heavy atom. The fourth-order valence-electron chi connectivity index (χ4n) is 6.63. The van der Waals surface area contributed by atoms with Crippen LogP contribution in [0, 0.1) is 17.3 Å². The molecule has 2 saturated carbocycles. The van der Waals surface area contributed by atoms with Gasteiger partial charge in [0, 0.05) is 18.2 Å². The summed E-state index contributed by atoms with van der Waals surface area (Å²) >= 11 is 0. The number of aliphatic hydroxyl groups excluding tert-OH is 1. The lowest BCUT2D eigenvalue weighted by atomic mass is 9.55. The summed E-state index contributed by atoms with van der Waals surface area (Å²) in [5.41, 5.74) is 3.04. The number of hydrogen-bond donors (Lipinski definition) is 4. The van der Waals surface area contributed by atoms with Crippen LogP contribution in [0.1, 0.15) is 49.7 Å². The Balaban J connectivity index is 0.000000293. The first-order chi connectivity index (χ1) is 14.5. The van der Waals surface area contributed by atoms with Crippen molar-refractivity contribution >= 4 is 11.9 Å². The number of carboxylic acids is 2. The minimum Gasteiger partial charge on any atom is -0.508 e. The van der Waals surface area contributed by atoms with E-state index in [1.165, 1.54) is 30.4 Å². The summed E-state index contributed by atoms with van der Waals surface area (Å²) in [7, 11) is 4.24. The van der Waals surface area contributed by atoms with Gasteiger partial charge in [0.2, 0.25) is 0 Å². The lowest BCUT2D eigenvalue weighted by molar-refractivity contribution is -0.134. The van der Waals surface area contributed by atoms with E-state index in [1.54, 1.807) is 0 Å². The first kappa shape index (κ1) is 23.3. The minimum absolute atomic E-state index is 0.194. The van der Waals surface area contributed by atoms with Crippen molar-refractivity contribution in [3.8, 4) is 5.75 Å². The van der Waals surface area contributed by atoms with Gasteiger partial charge in [-0.1, -0.05) is 13.0 Å². The van der Waals surface area contributed by atoms with Crippen LogP contribution in [0.3, 0.4) is 0 Å². The van der Waals surface area contributed by atoms with Crippen molar-refractivity contribution in [2.24, 2.45) is 17.3 Å². The molecule has 0 spiro atoms. The number of rotatable bonds is 3. The number of nitrogens with zero attached hydrogens (tertiary/aromatic N) is 1. The number of aromatic hydroxyl groups is 1. The molecule has 4 rings (SSSR count). The highest BCUT2D eigenvalue weighted by Gasteiger charge is 2.58. The maximum atomic E-state index is 10.7. The number of benzene rings is 1. The second-order valence-corrected chi connectivity index (χ2v) is 9.56. The summed E-state index contributed by atoms with van der Waals surface area (Å²) in [5.74, 6) is -0.201. The van der Waals surface area contributed by atoms with Crippen LogP contribution in [0.25, 0.3) is 0 Å². The van der Waals surface area contributed by atoms with Gasteiger partial charge in [-0.05, 0) is 92.6 Å². The van der Waals surface area contributed by atoms with Gasteiger partial charge in [-0.2, -0.15) is 0 Å². The van der Waals surface area contributed by atoms with Crippen LogP contribution < -0.4 is 0 Å². The highest BCUT2D eigenvalue weighted by atomic mass is 16.4. The zero-order chi connectivity index (χ0) is 22.9. The third-order valence-corrected chi connectivity index (χ3v) is 7.61. The number of aryl methyl sites for hydroxylation is 1. The van der Waals surface area contributed by atoms with Crippen molar-refractivity contribution < 1.29 is 30.0 Å². The molecule has 31 heavy (non-hydrogen) atoms. The maximum absolute atomic E-state index is 10.7. The van der Waals surface area contributed by atoms with E-state index in [0.29, 0.717) is 35.7 Å². The Morgan fingerprint density at radius 2 is 1.77 bits per heavy atom. The van der Waals surface area contributed by atoms with E-state index in [9.17, 15) is 19.8 Å². The molecule has 2 fully saturated rings. The number of carbonyl (C=O) groups is 2. The number of aliphatic hydroxyl groups is 1. The molecule has 3 aliphatic carbocycles. The van der Waals surface area contributed by atoms with Crippen molar-refractivity contribution in [1.29, 1.82) is 0 Å². The molecule has 0 aliphatic heterocycles. The predicted molar refractivity (Wildman–Crippen MR) is 116 cm³/mol. The molecular formula is C24H33NO6. The zero-order valence-electron chi connectivity index (χ0n) is 18.4. The van der Waals surface area contributed by atoms with Gasteiger partial charge in [-0.15, -0.1) is 0 Å². The molecule has 1 aromatic rings. The molecule has 6 atom stereocenters. The average Bonchev–Trinajstić information content (AvgIpc) is 2.96. The fourth-order valence-corrected chi connectivity index (χ4v) is 6.63. The highest BCUT2D eigenvalue weighted by molar-refractivity contribution is 5.89. The molecule has 0 radical (unpaired) electrons. The first-order valence-electron chi connectivity index (χ1n) is 10.8. The standard InChI is InChI=1S/C20H29NO2.C4H4O4/c1-20-9-8-15-14-7-5-13(22)10-12(14)4-6-16(15)17(20)11-18(23)19(20)21(2)3;5-3(6)1-2-4(7)8/h5,7,10,15-19,22-23H,4,6,8-9,11H2,1-3H3;1-2H,(H,5,6)(H,7,8)/b;2-1-/t15-,16-,17+,18-,19+,20+;/m1./s1. The van der Waals surface area contributed by atoms with E-state index >= 15 is 0 Å². The topological polar surface area (TPSA) is 118 Å². The fraction of sp³-hybridized carbons (Fsp3) is 0.583. The molecule has 7 nitrogen and oxygen atoms in total. The Hall–Kier alpha value is -2.38. The monoisotopic (exact) mass is 431 g/mol. The van der Waals surface area contributed by atoms with Crippen molar-refractivity contribution in [1.82, 2.24) is 4.90 Å². The molecule has 0 amide bonds. The van der Waals surface area contributed by atoms with E-state index in [2.05, 4.69) is 32.0 Å². The minimum atomic E-state index is -1.26. The van der Waals surface area contributed by atoms with Gasteiger partial charge in [0.1, 0.15) is 5.75 Å². The van der Waals surface area contributed by atoms with Gasteiger partial charge < -0.3 is 25.3 Å². The van der Waals surface area contributed by atoms with Crippen LogP contribution in [0.5, 0.6) is 5.75 Å². The molecule has 0 unspecified atom stereocenters. The van der Waals surface area contributed by atoms with Crippen LogP contribution in [-0.4, -0.2) is 63.5 Å². The number of aliphatic carboxylic acids is 2. The molecule has 0 saturated heterocycles. The van der Waals surface area contributed by atoms with Gasteiger partial charge in [0.15, 0.2) is 0 Å². The Bertz CT molecular complexity index is 850. The Morgan fingerprint density at radius 1 is 1.13 bits per heavy atom. The molecule has 1 aromatic carbocycles. The summed E-state index contributed by atoms with van der Waals surface area (Å²) in [5, 5.41) is 36.1. The summed E-state index contributed by atoms with van der Waals surface area (Å²) in [6.45, 7) is 2.42. The first-order valence-corrected chi connectivity index (χ1v) is 10.8. The number of phenols is 1. The SMILES string of the molecule is CN(C)[C@H]1[C@H](O)C[C@H]2[C@@H]3CCc4cc(O)ccc4[C@H]3CC[C@]12C.O=C(O)/C=C\C(=O)O. The summed E-state index contributed by atoms with van der Waals surface area (Å²) in [6.07, 6.45) is 6.55. The van der Waals surface area contributed by atoms with Gasteiger partial charge in [0.05, 0.1) is 6.10 Å². The predicted octanol–water partition coefficient (Wildman–Crippen LogP) is 2.86. The van der Waals surface area contributed by atoms with Crippen molar-refractivity contribution in [2.75, 3.05) is 14.1 Å². The van der Waals surface area contributed by atoms with Crippen LogP contribution in [-0.2, 0) is 16.0 Å². The maximum Gasteiger partial charge on any atom is 0.328 e. The van der Waals surface area contributed by atoms with E-state index in [4.69, 9.17) is 10.2 Å². The number of fused-ring (bicyclic) bond motifs is 5. The molecule has 4 N–H and O–H groups in total. The third kappa shape index (κ3) is 4.62. The van der Waals surface area contributed by atoms with Crippen LogP contribution in [0.15, 0.2) is 30.4 Å². The van der Waals surface area contributed by atoms with E-state index in [1.807, 2.05) is 12.1 Å². The molecule has 7 heteroatoms. The highest BCUT2D eigenvalue weighted by Crippen LogP contribution is 2.61. The number of carboxylic acid groups (broad SMARTS) is 2. The Labute approximate surface area is 183 Å². The molecule has 0 heterocycles. The lowest BCUT2D eigenvalue weighted by Crippen LogP contribution is -2.50. The molecule has 0 bridgehead atoms. The van der Waals surface area contributed by atoms with Gasteiger partial charge >= 0.3 is 11.9 Å². The van der Waals surface area contributed by atoms with E-state index in [0.717, 1.165) is 12.8 Å². The normalized spacial score (nSPS) is 33.8. The second-order valence-electron chi connectivity index (χ2n) is 9.56. The average molecular weight is 432 g/mol. The number of likely N-dealkylation sites (N-methyl/N-ethyl adjacent to an activating group) is 1. The van der Waals surface area contributed by atoms with Gasteiger partial charge in [-0.3, -0.25) is 0 Å².